The Bertz CT molecular complexity index is 319. The van der Waals surface area contributed by atoms with Gasteiger partial charge in [0.15, 0.2) is 8.32 Å². The Morgan fingerprint density at radius 2 is 1.25 bits per heavy atom. The van der Waals surface area contributed by atoms with Crippen LogP contribution in [0.25, 0.3) is 0 Å². The van der Waals surface area contributed by atoms with Gasteiger partial charge in [0.2, 0.25) is 0 Å². The molecule has 20 heavy (non-hydrogen) atoms. The van der Waals surface area contributed by atoms with E-state index in [4.69, 9.17) is 8.23 Å². The van der Waals surface area contributed by atoms with Crippen molar-refractivity contribution in [3.05, 3.63) is 0 Å². The molecule has 1 aliphatic rings. The van der Waals surface area contributed by atoms with Crippen LogP contribution >= 0.6 is 0 Å². The third-order valence-corrected chi connectivity index (χ3v) is 14.4. The minimum Gasteiger partial charge on any atom is -0.437 e. The zero-order chi connectivity index (χ0) is 15.8. The standard InChI is InChI=1S/C14H35NO2Si3/c1-13-11-10-12-14(2)15(13)19(6,7)17-20(8,9)16-18(3,4)5/h13-14H,10-12H2,1-9H3. The van der Waals surface area contributed by atoms with Crippen molar-refractivity contribution in [2.45, 2.75) is 91.0 Å². The third kappa shape index (κ3) is 5.38. The predicted molar refractivity (Wildman–Crippen MR) is 95.1 cm³/mol. The molecule has 0 aromatic heterocycles. The summed E-state index contributed by atoms with van der Waals surface area (Å²) in [6, 6.07) is 1.30. The average Bonchev–Trinajstić information content (AvgIpc) is 2.09. The monoisotopic (exact) mass is 333 g/mol. The van der Waals surface area contributed by atoms with E-state index in [-0.39, 0.29) is 0 Å². The highest BCUT2D eigenvalue weighted by molar-refractivity contribution is 6.86. The summed E-state index contributed by atoms with van der Waals surface area (Å²) in [6.07, 6.45) is 3.97. The molecule has 6 heteroatoms. The molecule has 1 saturated heterocycles. The van der Waals surface area contributed by atoms with Crippen LogP contribution in [0, 0.1) is 0 Å². The van der Waals surface area contributed by atoms with Crippen LogP contribution in [0.3, 0.4) is 0 Å². The van der Waals surface area contributed by atoms with Gasteiger partial charge in [0.1, 0.15) is 0 Å². The molecule has 2 unspecified atom stereocenters. The van der Waals surface area contributed by atoms with Crippen LogP contribution in [0.2, 0.25) is 45.8 Å². The van der Waals surface area contributed by atoms with Crippen molar-refractivity contribution in [3.8, 4) is 0 Å². The van der Waals surface area contributed by atoms with Crippen molar-refractivity contribution in [2.75, 3.05) is 0 Å². The fourth-order valence-corrected chi connectivity index (χ4v) is 18.0. The van der Waals surface area contributed by atoms with Gasteiger partial charge in [-0.15, -0.1) is 0 Å². The molecule has 3 nitrogen and oxygen atoms in total. The number of nitrogens with zero attached hydrogens (tertiary/aromatic N) is 1. The van der Waals surface area contributed by atoms with Gasteiger partial charge >= 0.3 is 8.56 Å². The number of hydrogen-bond donors (Lipinski definition) is 0. The van der Waals surface area contributed by atoms with Crippen molar-refractivity contribution >= 4 is 25.4 Å². The topological polar surface area (TPSA) is 21.7 Å². The van der Waals surface area contributed by atoms with Gasteiger partial charge in [-0.25, -0.2) is 0 Å². The van der Waals surface area contributed by atoms with E-state index in [0.29, 0.717) is 12.1 Å². The lowest BCUT2D eigenvalue weighted by Crippen LogP contribution is -2.64. The van der Waals surface area contributed by atoms with E-state index in [1.165, 1.54) is 19.3 Å². The highest BCUT2D eigenvalue weighted by atomic mass is 28.5. The van der Waals surface area contributed by atoms with Crippen molar-refractivity contribution < 1.29 is 8.23 Å². The van der Waals surface area contributed by atoms with Gasteiger partial charge in [0.25, 0.3) is 8.48 Å². The summed E-state index contributed by atoms with van der Waals surface area (Å²) < 4.78 is 15.8. The van der Waals surface area contributed by atoms with E-state index in [0.717, 1.165) is 0 Å². The molecule has 1 heterocycles. The molecular formula is C14H35NO2Si3. The maximum atomic E-state index is 6.70. The third-order valence-electron chi connectivity index (χ3n) is 3.86. The molecule has 0 bridgehead atoms. The number of piperidine rings is 1. The molecule has 0 N–H and O–H groups in total. The van der Waals surface area contributed by atoms with Crippen LogP contribution in [-0.4, -0.2) is 42.0 Å². The first kappa shape index (κ1) is 18.6. The lowest BCUT2D eigenvalue weighted by atomic mass is 10.0. The van der Waals surface area contributed by atoms with Gasteiger partial charge in [-0.3, -0.25) is 4.57 Å². The number of hydrogen-bond acceptors (Lipinski definition) is 3. The normalized spacial score (nSPS) is 26.9. The maximum absolute atomic E-state index is 6.70. The average molecular weight is 334 g/mol. The van der Waals surface area contributed by atoms with Gasteiger partial charge in [-0.1, -0.05) is 20.3 Å². The second-order valence-corrected chi connectivity index (χ2v) is 20.3. The largest absolute Gasteiger partial charge is 0.437 e. The lowest BCUT2D eigenvalue weighted by molar-refractivity contribution is 0.165. The van der Waals surface area contributed by atoms with Crippen LogP contribution in [0.4, 0.5) is 0 Å². The van der Waals surface area contributed by atoms with Crippen molar-refractivity contribution in [1.29, 1.82) is 0 Å². The fourth-order valence-electron chi connectivity index (χ4n) is 3.90. The van der Waals surface area contributed by atoms with E-state index in [1.54, 1.807) is 0 Å². The molecule has 1 rings (SSSR count). The minimum atomic E-state index is -2.04. The Labute approximate surface area is 129 Å². The molecule has 0 spiro atoms. The Hall–Kier alpha value is 0.531. The first-order chi connectivity index (χ1) is 8.84. The summed E-state index contributed by atoms with van der Waals surface area (Å²) >= 11 is 0. The molecule has 120 valence electrons. The second kappa shape index (κ2) is 6.34. The molecule has 0 radical (unpaired) electrons. The van der Waals surface area contributed by atoms with Crippen LogP contribution < -0.4 is 0 Å². The van der Waals surface area contributed by atoms with E-state index in [9.17, 15) is 0 Å². The summed E-state index contributed by atoms with van der Waals surface area (Å²) in [5.41, 5.74) is 0. The van der Waals surface area contributed by atoms with Gasteiger partial charge in [0, 0.05) is 12.1 Å². The Morgan fingerprint density at radius 3 is 1.65 bits per heavy atom. The van der Waals surface area contributed by atoms with E-state index in [1.807, 2.05) is 0 Å². The summed E-state index contributed by atoms with van der Waals surface area (Å²) in [5.74, 6) is 0. The first-order valence-electron chi connectivity index (χ1n) is 8.03. The van der Waals surface area contributed by atoms with Crippen molar-refractivity contribution in [3.63, 3.8) is 0 Å². The van der Waals surface area contributed by atoms with E-state index in [2.05, 4.69) is 64.2 Å². The molecular weight excluding hydrogens is 298 g/mol. The zero-order valence-electron chi connectivity index (χ0n) is 15.0. The van der Waals surface area contributed by atoms with Crippen LogP contribution in [0.15, 0.2) is 0 Å². The van der Waals surface area contributed by atoms with Crippen LogP contribution in [0.5, 0.6) is 0 Å². The molecule has 1 aliphatic heterocycles. The molecule has 1 fully saturated rings. The number of rotatable bonds is 5. The summed E-state index contributed by atoms with van der Waals surface area (Å²) in [7, 11) is -5.44. The smallest absolute Gasteiger partial charge is 0.312 e. The van der Waals surface area contributed by atoms with Gasteiger partial charge in [0.05, 0.1) is 0 Å². The SMILES string of the molecule is CC1CCCC(C)N1[Si](C)(C)O[Si](C)(C)O[Si](C)(C)C. The quantitative estimate of drug-likeness (QED) is 0.690. The summed E-state index contributed by atoms with van der Waals surface area (Å²) in [6.45, 7) is 20.6. The van der Waals surface area contributed by atoms with E-state index < -0.39 is 25.4 Å². The molecule has 0 aliphatic carbocycles. The van der Waals surface area contributed by atoms with Gasteiger partial charge < -0.3 is 8.23 Å². The van der Waals surface area contributed by atoms with Gasteiger partial charge in [-0.2, -0.15) is 0 Å². The van der Waals surface area contributed by atoms with E-state index >= 15 is 0 Å². The van der Waals surface area contributed by atoms with Crippen LogP contribution in [-0.2, 0) is 8.23 Å². The van der Waals surface area contributed by atoms with Gasteiger partial charge in [-0.05, 0) is 58.7 Å². The molecule has 0 aromatic rings. The molecule has 0 aromatic carbocycles. The summed E-state index contributed by atoms with van der Waals surface area (Å²) in [4.78, 5) is 0. The highest BCUT2D eigenvalue weighted by Gasteiger charge is 2.45. The Balaban J connectivity index is 2.82. The highest BCUT2D eigenvalue weighted by Crippen LogP contribution is 2.31. The Morgan fingerprint density at radius 1 is 0.800 bits per heavy atom. The Kier molecular flexibility index (Phi) is 5.89. The predicted octanol–water partition coefficient (Wildman–Crippen LogP) is 4.52. The second-order valence-electron chi connectivity index (χ2n) is 8.20. The van der Waals surface area contributed by atoms with Crippen LogP contribution in [0.1, 0.15) is 33.1 Å². The lowest BCUT2D eigenvalue weighted by Gasteiger charge is -2.50. The zero-order valence-corrected chi connectivity index (χ0v) is 18.0. The minimum absolute atomic E-state index is 0.650. The van der Waals surface area contributed by atoms with Crippen molar-refractivity contribution in [2.24, 2.45) is 0 Å². The molecule has 0 amide bonds. The maximum Gasteiger partial charge on any atom is 0.312 e. The summed E-state index contributed by atoms with van der Waals surface area (Å²) in [5, 5.41) is 0. The molecule has 0 saturated carbocycles. The molecule has 2 atom stereocenters. The van der Waals surface area contributed by atoms with Crippen molar-refractivity contribution in [1.82, 2.24) is 4.57 Å². The fraction of sp³-hybridized carbons (Fsp3) is 1.00. The first-order valence-corrected chi connectivity index (χ1v) is 17.1.